The van der Waals surface area contributed by atoms with Crippen molar-refractivity contribution in [2.24, 2.45) is 15.0 Å². The van der Waals surface area contributed by atoms with E-state index in [1.54, 1.807) is 56.2 Å². The second-order valence-corrected chi connectivity index (χ2v) is 5.97. The van der Waals surface area contributed by atoms with Gasteiger partial charge in [-0.3, -0.25) is 19.9 Å². The minimum Gasteiger partial charge on any atom is -0.344 e. The average Bonchev–Trinajstić information content (AvgIpc) is 3.48. The molecule has 28 heavy (non-hydrogen) atoms. The summed E-state index contributed by atoms with van der Waals surface area (Å²) in [6, 6.07) is 0. The van der Waals surface area contributed by atoms with E-state index in [2.05, 4.69) is 49.8 Å². The Labute approximate surface area is 163 Å². The molecule has 0 fully saturated rings. The smallest absolute Gasteiger partial charge is 0.0924 e. The minimum atomic E-state index is 0.702. The van der Waals surface area contributed by atoms with E-state index in [-0.39, 0.29) is 0 Å². The Kier molecular flexibility index (Phi) is 7.84. The number of H-pyrrole nitrogens is 3. The van der Waals surface area contributed by atoms with Crippen LogP contribution in [-0.4, -0.2) is 92.7 Å². The fraction of sp³-hybridized carbons (Fsp3) is 0.333. The van der Waals surface area contributed by atoms with Crippen LogP contribution in [-0.2, 0) is 0 Å². The summed E-state index contributed by atoms with van der Waals surface area (Å²) >= 11 is 0. The van der Waals surface area contributed by atoms with Crippen LogP contribution >= 0.6 is 0 Å². The Morgan fingerprint density at radius 2 is 1.00 bits per heavy atom. The fourth-order valence-corrected chi connectivity index (χ4v) is 2.43. The number of imidazole rings is 3. The number of hydrogen-bond acceptors (Lipinski definition) is 7. The van der Waals surface area contributed by atoms with Gasteiger partial charge in [-0.25, -0.2) is 15.0 Å². The molecule has 3 aromatic rings. The van der Waals surface area contributed by atoms with Gasteiger partial charge in [-0.1, -0.05) is 0 Å². The Hall–Kier alpha value is -3.40. The monoisotopic (exact) mass is 380 g/mol. The Morgan fingerprint density at radius 3 is 1.29 bits per heavy atom. The van der Waals surface area contributed by atoms with Gasteiger partial charge in [-0.15, -0.1) is 0 Å². The zero-order chi connectivity index (χ0) is 19.3. The highest BCUT2D eigenvalue weighted by Crippen LogP contribution is 1.93. The molecule has 0 saturated carbocycles. The zero-order valence-electron chi connectivity index (χ0n) is 15.6. The molecule has 10 heteroatoms. The van der Waals surface area contributed by atoms with Gasteiger partial charge in [0.2, 0.25) is 0 Å². The van der Waals surface area contributed by atoms with Gasteiger partial charge in [0.05, 0.1) is 74.3 Å². The molecule has 0 aliphatic rings. The predicted octanol–water partition coefficient (Wildman–Crippen LogP) is 0.815. The summed E-state index contributed by atoms with van der Waals surface area (Å²) in [5.41, 5.74) is 2.71. The SMILES string of the molecule is C(=NCCN(CCN=Cc1cnc[nH]1)CCN=Cc1cnc[nH]1)c1cnc[nH]1. The van der Waals surface area contributed by atoms with E-state index < -0.39 is 0 Å². The first-order chi connectivity index (χ1) is 13.9. The second-order valence-electron chi connectivity index (χ2n) is 5.97. The molecule has 0 amide bonds. The minimum absolute atomic E-state index is 0.702. The maximum absolute atomic E-state index is 4.45. The van der Waals surface area contributed by atoms with E-state index in [1.807, 2.05) is 0 Å². The summed E-state index contributed by atoms with van der Waals surface area (Å²) in [4.78, 5) is 36.6. The van der Waals surface area contributed by atoms with E-state index in [4.69, 9.17) is 0 Å². The standard InChI is InChI=1S/C18H24N10/c1(19-7-16-10-22-13-25-16)4-28(5-2-20-8-17-11-23-14-26-17)6-3-21-9-18-12-24-15-27-18/h7-15H,1-6H2,(H,22,25)(H,23,26)(H,24,27). The lowest BCUT2D eigenvalue weighted by Crippen LogP contribution is -2.31. The molecular weight excluding hydrogens is 356 g/mol. The number of rotatable bonds is 12. The highest BCUT2D eigenvalue weighted by molar-refractivity contribution is 5.77. The first-order valence-electron chi connectivity index (χ1n) is 9.07. The van der Waals surface area contributed by atoms with Crippen molar-refractivity contribution in [3.8, 4) is 0 Å². The van der Waals surface area contributed by atoms with Gasteiger partial charge >= 0.3 is 0 Å². The summed E-state index contributed by atoms with van der Waals surface area (Å²) in [7, 11) is 0. The van der Waals surface area contributed by atoms with Crippen LogP contribution < -0.4 is 0 Å². The van der Waals surface area contributed by atoms with Crippen molar-refractivity contribution in [2.45, 2.75) is 0 Å². The van der Waals surface area contributed by atoms with Crippen LogP contribution in [0.5, 0.6) is 0 Å². The molecule has 0 aliphatic heterocycles. The van der Waals surface area contributed by atoms with Crippen molar-refractivity contribution in [3.05, 3.63) is 54.7 Å². The molecule has 3 rings (SSSR count). The number of aliphatic imine (C=N–C) groups is 3. The summed E-state index contributed by atoms with van der Waals surface area (Å²) < 4.78 is 0. The highest BCUT2D eigenvalue weighted by Gasteiger charge is 2.03. The number of nitrogens with one attached hydrogen (secondary N) is 3. The molecule has 0 radical (unpaired) electrons. The van der Waals surface area contributed by atoms with Crippen LogP contribution in [0.2, 0.25) is 0 Å². The first kappa shape index (κ1) is 19.4. The maximum Gasteiger partial charge on any atom is 0.0924 e. The molecule has 3 heterocycles. The van der Waals surface area contributed by atoms with Crippen molar-refractivity contribution in [3.63, 3.8) is 0 Å². The molecule has 0 aliphatic carbocycles. The number of nitrogens with zero attached hydrogens (tertiary/aromatic N) is 7. The van der Waals surface area contributed by atoms with Gasteiger partial charge in [0, 0.05) is 38.3 Å². The predicted molar refractivity (Wildman–Crippen MR) is 110 cm³/mol. The van der Waals surface area contributed by atoms with Crippen LogP contribution in [0.3, 0.4) is 0 Å². The van der Waals surface area contributed by atoms with Crippen molar-refractivity contribution in [2.75, 3.05) is 39.3 Å². The molecule has 0 saturated heterocycles. The third-order valence-electron chi connectivity index (χ3n) is 3.89. The van der Waals surface area contributed by atoms with Gasteiger partial charge in [-0.05, 0) is 0 Å². The molecule has 0 unspecified atom stereocenters. The number of aromatic amines is 3. The van der Waals surface area contributed by atoms with E-state index in [0.29, 0.717) is 19.6 Å². The van der Waals surface area contributed by atoms with Crippen LogP contribution in [0, 0.1) is 0 Å². The van der Waals surface area contributed by atoms with Crippen LogP contribution in [0.25, 0.3) is 0 Å². The Balaban J connectivity index is 1.44. The van der Waals surface area contributed by atoms with Gasteiger partial charge < -0.3 is 15.0 Å². The van der Waals surface area contributed by atoms with E-state index in [0.717, 1.165) is 36.7 Å². The average molecular weight is 380 g/mol. The van der Waals surface area contributed by atoms with E-state index >= 15 is 0 Å². The van der Waals surface area contributed by atoms with Crippen molar-refractivity contribution >= 4 is 18.6 Å². The number of hydrogen-bond donors (Lipinski definition) is 3. The molecule has 0 bridgehead atoms. The van der Waals surface area contributed by atoms with Gasteiger partial charge in [-0.2, -0.15) is 0 Å². The lowest BCUT2D eigenvalue weighted by molar-refractivity contribution is 0.298. The van der Waals surface area contributed by atoms with Crippen molar-refractivity contribution in [1.82, 2.24) is 34.8 Å². The largest absolute Gasteiger partial charge is 0.344 e. The van der Waals surface area contributed by atoms with Crippen LogP contribution in [0.1, 0.15) is 17.1 Å². The van der Waals surface area contributed by atoms with E-state index in [1.165, 1.54) is 0 Å². The van der Waals surface area contributed by atoms with Crippen LogP contribution in [0.15, 0.2) is 52.5 Å². The quantitative estimate of drug-likeness (QED) is 0.402. The molecule has 0 atom stereocenters. The highest BCUT2D eigenvalue weighted by atomic mass is 15.1. The summed E-state index contributed by atoms with van der Waals surface area (Å²) in [5, 5.41) is 0. The van der Waals surface area contributed by atoms with Gasteiger partial charge in [0.1, 0.15) is 0 Å². The lowest BCUT2D eigenvalue weighted by Gasteiger charge is -2.19. The summed E-state index contributed by atoms with van der Waals surface area (Å²) in [6.07, 6.45) is 15.6. The summed E-state index contributed by atoms with van der Waals surface area (Å²) in [6.45, 7) is 4.62. The lowest BCUT2D eigenvalue weighted by atomic mass is 10.4. The third-order valence-corrected chi connectivity index (χ3v) is 3.89. The van der Waals surface area contributed by atoms with E-state index in [9.17, 15) is 0 Å². The molecule has 146 valence electrons. The molecule has 0 spiro atoms. The topological polar surface area (TPSA) is 126 Å². The molecule has 10 nitrogen and oxygen atoms in total. The van der Waals surface area contributed by atoms with Gasteiger partial charge in [0.25, 0.3) is 0 Å². The van der Waals surface area contributed by atoms with Crippen molar-refractivity contribution < 1.29 is 0 Å². The Bertz CT molecular complexity index is 717. The Morgan fingerprint density at radius 1 is 0.643 bits per heavy atom. The van der Waals surface area contributed by atoms with Crippen LogP contribution in [0.4, 0.5) is 0 Å². The zero-order valence-corrected chi connectivity index (χ0v) is 15.6. The van der Waals surface area contributed by atoms with Gasteiger partial charge in [0.15, 0.2) is 0 Å². The molecular formula is C18H24N10. The third kappa shape index (κ3) is 7.08. The second kappa shape index (κ2) is 11.3. The molecule has 3 N–H and O–H groups in total. The fourth-order valence-electron chi connectivity index (χ4n) is 2.43. The first-order valence-corrected chi connectivity index (χ1v) is 9.07. The number of aromatic nitrogens is 6. The molecule has 3 aromatic heterocycles. The molecule has 0 aromatic carbocycles. The maximum atomic E-state index is 4.45. The summed E-state index contributed by atoms with van der Waals surface area (Å²) in [5.74, 6) is 0. The normalized spacial score (nSPS) is 12.3. The van der Waals surface area contributed by atoms with Crippen molar-refractivity contribution in [1.29, 1.82) is 0 Å².